The third kappa shape index (κ3) is 4.64. The first-order valence-corrected chi connectivity index (χ1v) is 9.58. The van der Waals surface area contributed by atoms with Crippen molar-refractivity contribution in [1.82, 2.24) is 0 Å². The second-order valence-corrected chi connectivity index (χ2v) is 7.81. The van der Waals surface area contributed by atoms with Crippen LogP contribution in [-0.4, -0.2) is 38.4 Å². The van der Waals surface area contributed by atoms with Crippen LogP contribution in [0.15, 0.2) is 24.3 Å². The van der Waals surface area contributed by atoms with Gasteiger partial charge in [0.2, 0.25) is 0 Å². The molecule has 0 radical (unpaired) electrons. The van der Waals surface area contributed by atoms with Crippen molar-refractivity contribution < 1.29 is 4.74 Å². The zero-order valence-corrected chi connectivity index (χ0v) is 15.2. The van der Waals surface area contributed by atoms with Gasteiger partial charge in [0.15, 0.2) is 0 Å². The zero-order chi connectivity index (χ0) is 16.9. The Balaban J connectivity index is 1.50. The Morgan fingerprint density at radius 1 is 1.17 bits per heavy atom. The molecule has 1 aromatic carbocycles. The number of morpholine rings is 1. The standard InChI is InChI=1S/C20H33N3O/c1-15(2)20-14-23(11-12-24-20)19-9-7-18(8-10-19)22-13-16-3-5-17(21)6-4-16/h7-10,15-17,20,22H,3-6,11-14,21H2,1-2H3/t16?,17?,20-/m0/s1. The first-order chi connectivity index (χ1) is 11.6. The van der Waals surface area contributed by atoms with Gasteiger partial charge < -0.3 is 20.7 Å². The summed E-state index contributed by atoms with van der Waals surface area (Å²) >= 11 is 0. The molecule has 0 spiro atoms. The summed E-state index contributed by atoms with van der Waals surface area (Å²) in [6.45, 7) is 8.34. The van der Waals surface area contributed by atoms with Crippen LogP contribution in [-0.2, 0) is 4.74 Å². The lowest BCUT2D eigenvalue weighted by atomic mass is 9.86. The lowest BCUT2D eigenvalue weighted by Crippen LogP contribution is -2.44. The van der Waals surface area contributed by atoms with Crippen LogP contribution in [0.25, 0.3) is 0 Å². The summed E-state index contributed by atoms with van der Waals surface area (Å²) in [4.78, 5) is 2.44. The quantitative estimate of drug-likeness (QED) is 0.867. The summed E-state index contributed by atoms with van der Waals surface area (Å²) in [6.07, 6.45) is 5.22. The SMILES string of the molecule is CC(C)[C@@H]1CN(c2ccc(NCC3CCC(N)CC3)cc2)CCO1. The Hall–Kier alpha value is -1.26. The first kappa shape index (κ1) is 17.6. The molecule has 1 atom stereocenters. The fourth-order valence-corrected chi connectivity index (χ4v) is 3.76. The molecule has 0 bridgehead atoms. The number of benzene rings is 1. The van der Waals surface area contributed by atoms with Gasteiger partial charge in [0.25, 0.3) is 0 Å². The number of hydrogen-bond donors (Lipinski definition) is 2. The summed E-state index contributed by atoms with van der Waals surface area (Å²) < 4.78 is 5.87. The molecule has 1 saturated carbocycles. The predicted molar refractivity (Wildman–Crippen MR) is 102 cm³/mol. The zero-order valence-electron chi connectivity index (χ0n) is 15.2. The Morgan fingerprint density at radius 2 is 1.88 bits per heavy atom. The molecule has 1 aliphatic heterocycles. The molecule has 134 valence electrons. The van der Waals surface area contributed by atoms with Crippen LogP contribution in [0.1, 0.15) is 39.5 Å². The molecule has 4 nitrogen and oxygen atoms in total. The van der Waals surface area contributed by atoms with E-state index in [0.29, 0.717) is 18.1 Å². The van der Waals surface area contributed by atoms with Gasteiger partial charge in [-0.2, -0.15) is 0 Å². The molecule has 4 heteroatoms. The molecule has 1 saturated heterocycles. The van der Waals surface area contributed by atoms with Crippen LogP contribution in [0.5, 0.6) is 0 Å². The third-order valence-electron chi connectivity index (χ3n) is 5.56. The van der Waals surface area contributed by atoms with Crippen molar-refractivity contribution >= 4 is 11.4 Å². The van der Waals surface area contributed by atoms with E-state index in [4.69, 9.17) is 10.5 Å². The molecule has 24 heavy (non-hydrogen) atoms. The highest BCUT2D eigenvalue weighted by Crippen LogP contribution is 2.25. The van der Waals surface area contributed by atoms with E-state index in [1.165, 1.54) is 37.1 Å². The Labute approximate surface area is 146 Å². The summed E-state index contributed by atoms with van der Waals surface area (Å²) in [5, 5.41) is 3.60. The van der Waals surface area contributed by atoms with E-state index in [-0.39, 0.29) is 0 Å². The lowest BCUT2D eigenvalue weighted by Gasteiger charge is -2.36. The van der Waals surface area contributed by atoms with E-state index in [1.54, 1.807) is 0 Å². The minimum absolute atomic E-state index is 0.342. The number of nitrogens with one attached hydrogen (secondary N) is 1. The molecule has 2 aliphatic rings. The second kappa shape index (κ2) is 8.21. The molecule has 2 fully saturated rings. The van der Waals surface area contributed by atoms with Gasteiger partial charge in [-0.15, -0.1) is 0 Å². The van der Waals surface area contributed by atoms with Gasteiger partial charge in [-0.25, -0.2) is 0 Å². The van der Waals surface area contributed by atoms with Gasteiger partial charge in [-0.05, 0) is 61.8 Å². The van der Waals surface area contributed by atoms with Crippen molar-refractivity contribution in [2.24, 2.45) is 17.6 Å². The number of nitrogens with two attached hydrogens (primary N) is 1. The molecule has 3 N–H and O–H groups in total. The molecule has 0 unspecified atom stereocenters. The minimum atomic E-state index is 0.342. The maximum Gasteiger partial charge on any atom is 0.0773 e. The van der Waals surface area contributed by atoms with Gasteiger partial charge in [0.05, 0.1) is 12.7 Å². The summed E-state index contributed by atoms with van der Waals surface area (Å²) in [6, 6.07) is 9.33. The second-order valence-electron chi connectivity index (χ2n) is 7.81. The third-order valence-corrected chi connectivity index (χ3v) is 5.56. The monoisotopic (exact) mass is 331 g/mol. The van der Waals surface area contributed by atoms with E-state index in [0.717, 1.165) is 32.2 Å². The van der Waals surface area contributed by atoms with Gasteiger partial charge in [0.1, 0.15) is 0 Å². The van der Waals surface area contributed by atoms with Crippen LogP contribution < -0.4 is 16.0 Å². The smallest absolute Gasteiger partial charge is 0.0773 e. The van der Waals surface area contributed by atoms with E-state index >= 15 is 0 Å². The largest absolute Gasteiger partial charge is 0.385 e. The van der Waals surface area contributed by atoms with Gasteiger partial charge >= 0.3 is 0 Å². The maximum atomic E-state index is 5.99. The van der Waals surface area contributed by atoms with Gasteiger partial charge in [-0.1, -0.05) is 13.8 Å². The van der Waals surface area contributed by atoms with Crippen LogP contribution >= 0.6 is 0 Å². The number of ether oxygens (including phenoxy) is 1. The summed E-state index contributed by atoms with van der Waals surface area (Å²) in [5.74, 6) is 1.34. The van der Waals surface area contributed by atoms with Crippen LogP contribution in [0.2, 0.25) is 0 Å². The van der Waals surface area contributed by atoms with Crippen molar-refractivity contribution in [2.45, 2.75) is 51.7 Å². The minimum Gasteiger partial charge on any atom is -0.385 e. The van der Waals surface area contributed by atoms with E-state index in [1.807, 2.05) is 0 Å². The van der Waals surface area contributed by atoms with Crippen LogP contribution in [0.3, 0.4) is 0 Å². The summed E-state index contributed by atoms with van der Waals surface area (Å²) in [7, 11) is 0. The number of rotatable bonds is 5. The van der Waals surface area contributed by atoms with Crippen LogP contribution in [0.4, 0.5) is 11.4 Å². The van der Waals surface area contributed by atoms with Gasteiger partial charge in [-0.3, -0.25) is 0 Å². The van der Waals surface area contributed by atoms with Crippen LogP contribution in [0, 0.1) is 11.8 Å². The fourth-order valence-electron chi connectivity index (χ4n) is 3.76. The van der Waals surface area contributed by atoms with Crippen molar-refractivity contribution in [3.05, 3.63) is 24.3 Å². The molecular weight excluding hydrogens is 298 g/mol. The molecule has 1 aliphatic carbocycles. The molecule has 1 aromatic rings. The number of nitrogens with zero attached hydrogens (tertiary/aromatic N) is 1. The molecule has 3 rings (SSSR count). The topological polar surface area (TPSA) is 50.5 Å². The molecular formula is C20H33N3O. The Kier molecular flexibility index (Phi) is 6.01. The highest BCUT2D eigenvalue weighted by atomic mass is 16.5. The summed E-state index contributed by atoms with van der Waals surface area (Å²) in [5.41, 5.74) is 8.51. The van der Waals surface area contributed by atoms with Gasteiger partial charge in [0, 0.05) is 37.1 Å². The predicted octanol–water partition coefficient (Wildman–Crippen LogP) is 3.48. The number of hydrogen-bond acceptors (Lipinski definition) is 4. The average Bonchev–Trinajstić information content (AvgIpc) is 2.62. The first-order valence-electron chi connectivity index (χ1n) is 9.58. The number of anilines is 2. The van der Waals surface area contributed by atoms with E-state index < -0.39 is 0 Å². The highest BCUT2D eigenvalue weighted by Gasteiger charge is 2.23. The average molecular weight is 332 g/mol. The highest BCUT2D eigenvalue weighted by molar-refractivity contribution is 5.55. The maximum absolute atomic E-state index is 5.99. The lowest BCUT2D eigenvalue weighted by molar-refractivity contribution is 0.0114. The molecule has 0 amide bonds. The van der Waals surface area contributed by atoms with E-state index in [9.17, 15) is 0 Å². The van der Waals surface area contributed by atoms with Crippen molar-refractivity contribution in [1.29, 1.82) is 0 Å². The van der Waals surface area contributed by atoms with Crippen molar-refractivity contribution in [3.63, 3.8) is 0 Å². The van der Waals surface area contributed by atoms with Crippen molar-refractivity contribution in [3.8, 4) is 0 Å². The molecule has 0 aromatic heterocycles. The van der Waals surface area contributed by atoms with Crippen molar-refractivity contribution in [2.75, 3.05) is 36.5 Å². The van der Waals surface area contributed by atoms with E-state index in [2.05, 4.69) is 48.3 Å². The normalized spacial score (nSPS) is 28.2. The Morgan fingerprint density at radius 3 is 2.54 bits per heavy atom. The molecule has 1 heterocycles. The fraction of sp³-hybridized carbons (Fsp3) is 0.700. The Bertz CT molecular complexity index is 494.